The van der Waals surface area contributed by atoms with Gasteiger partial charge in [0.15, 0.2) is 0 Å². The fraction of sp³-hybridized carbons (Fsp3) is 0. The number of phenols is 1. The zero-order chi connectivity index (χ0) is 16.4. The van der Waals surface area contributed by atoms with E-state index >= 15 is 0 Å². The molecule has 2 aromatic carbocycles. The second-order valence-electron chi connectivity index (χ2n) is 4.93. The molecular formula is C17H13N3O3. The summed E-state index contributed by atoms with van der Waals surface area (Å²) in [7, 11) is 0. The molecule has 23 heavy (non-hydrogen) atoms. The lowest BCUT2D eigenvalue weighted by atomic mass is 10.0. The number of phenolic OH excluding ortho intramolecular Hbond substituents is 1. The van der Waals surface area contributed by atoms with Crippen LogP contribution in [-0.2, 0) is 0 Å². The first-order chi connectivity index (χ1) is 11.1. The third-order valence-corrected chi connectivity index (χ3v) is 3.42. The Labute approximate surface area is 131 Å². The van der Waals surface area contributed by atoms with Crippen molar-refractivity contribution in [2.75, 3.05) is 5.32 Å². The average Bonchev–Trinajstić information content (AvgIpc) is 2.55. The van der Waals surface area contributed by atoms with E-state index in [1.807, 2.05) is 12.1 Å². The highest BCUT2D eigenvalue weighted by Gasteiger charge is 2.16. The number of nitrogens with zero attached hydrogens (tertiary/aromatic N) is 1. The minimum atomic E-state index is -0.595. The number of primary amides is 1. The number of carbonyl (C=O) groups excluding carboxylic acids is 2. The highest BCUT2D eigenvalue weighted by Crippen LogP contribution is 2.27. The summed E-state index contributed by atoms with van der Waals surface area (Å²) in [6.07, 6.45) is 1.28. The van der Waals surface area contributed by atoms with E-state index in [2.05, 4.69) is 10.3 Å². The summed E-state index contributed by atoms with van der Waals surface area (Å²) < 4.78 is 0. The van der Waals surface area contributed by atoms with Crippen molar-refractivity contribution in [3.8, 4) is 5.75 Å². The van der Waals surface area contributed by atoms with E-state index < -0.39 is 11.8 Å². The van der Waals surface area contributed by atoms with Gasteiger partial charge in [0.1, 0.15) is 11.6 Å². The predicted octanol–water partition coefficient (Wildman–Crippen LogP) is 2.29. The van der Waals surface area contributed by atoms with Crippen LogP contribution >= 0.6 is 0 Å². The molecule has 0 aliphatic carbocycles. The average molecular weight is 307 g/mol. The number of fused-ring (bicyclic) bond motifs is 1. The third kappa shape index (κ3) is 2.82. The van der Waals surface area contributed by atoms with Gasteiger partial charge in [0.2, 0.25) is 5.91 Å². The molecule has 0 spiro atoms. The topological polar surface area (TPSA) is 105 Å². The molecule has 0 unspecified atom stereocenters. The first-order valence-corrected chi connectivity index (χ1v) is 6.84. The van der Waals surface area contributed by atoms with Gasteiger partial charge in [0, 0.05) is 6.20 Å². The maximum atomic E-state index is 12.5. The number of hydrogen-bond donors (Lipinski definition) is 3. The summed E-state index contributed by atoms with van der Waals surface area (Å²) in [6.45, 7) is 0. The summed E-state index contributed by atoms with van der Waals surface area (Å²) >= 11 is 0. The van der Waals surface area contributed by atoms with Crippen molar-refractivity contribution in [3.63, 3.8) is 0 Å². The number of pyridine rings is 1. The SMILES string of the molecule is NC(=O)c1ccc(NC(=O)c2c(O)ccc3ccccc23)nc1. The first-order valence-electron chi connectivity index (χ1n) is 6.84. The van der Waals surface area contributed by atoms with Crippen molar-refractivity contribution in [2.24, 2.45) is 5.73 Å². The molecule has 1 heterocycles. The summed E-state index contributed by atoms with van der Waals surface area (Å²) in [5, 5.41) is 14.1. The molecule has 6 heteroatoms. The Balaban J connectivity index is 1.94. The molecule has 0 radical (unpaired) electrons. The van der Waals surface area contributed by atoms with Crippen molar-refractivity contribution in [2.45, 2.75) is 0 Å². The summed E-state index contributed by atoms with van der Waals surface area (Å²) in [5.41, 5.74) is 5.56. The molecule has 4 N–H and O–H groups in total. The van der Waals surface area contributed by atoms with Crippen molar-refractivity contribution in [1.82, 2.24) is 4.98 Å². The molecule has 1 aromatic heterocycles. The lowest BCUT2D eigenvalue weighted by Gasteiger charge is -2.09. The minimum absolute atomic E-state index is 0.116. The number of carbonyl (C=O) groups is 2. The molecule has 0 aliphatic heterocycles. The lowest BCUT2D eigenvalue weighted by molar-refractivity contribution is 0.0998. The van der Waals surface area contributed by atoms with E-state index in [9.17, 15) is 14.7 Å². The molecule has 114 valence electrons. The maximum Gasteiger partial charge on any atom is 0.261 e. The van der Waals surface area contributed by atoms with Crippen molar-refractivity contribution >= 4 is 28.4 Å². The van der Waals surface area contributed by atoms with E-state index in [4.69, 9.17) is 5.73 Å². The fourth-order valence-electron chi connectivity index (χ4n) is 2.29. The third-order valence-electron chi connectivity index (χ3n) is 3.42. The minimum Gasteiger partial charge on any atom is -0.507 e. The van der Waals surface area contributed by atoms with Crippen LogP contribution in [0.3, 0.4) is 0 Å². The Kier molecular flexibility index (Phi) is 3.64. The summed E-state index contributed by atoms with van der Waals surface area (Å²) in [4.78, 5) is 27.4. The van der Waals surface area contributed by atoms with Gasteiger partial charge in [-0.3, -0.25) is 9.59 Å². The Morgan fingerprint density at radius 2 is 1.83 bits per heavy atom. The predicted molar refractivity (Wildman–Crippen MR) is 86.3 cm³/mol. The van der Waals surface area contributed by atoms with Gasteiger partial charge >= 0.3 is 0 Å². The van der Waals surface area contributed by atoms with Gasteiger partial charge in [-0.2, -0.15) is 0 Å². The Morgan fingerprint density at radius 3 is 2.52 bits per heavy atom. The molecular weight excluding hydrogens is 294 g/mol. The van der Waals surface area contributed by atoms with Gasteiger partial charge < -0.3 is 16.2 Å². The van der Waals surface area contributed by atoms with E-state index in [1.54, 1.807) is 18.2 Å². The Morgan fingerprint density at radius 1 is 1.04 bits per heavy atom. The lowest BCUT2D eigenvalue weighted by Crippen LogP contribution is -2.15. The normalized spacial score (nSPS) is 10.4. The molecule has 3 rings (SSSR count). The number of aromatic nitrogens is 1. The van der Waals surface area contributed by atoms with Crippen LogP contribution in [0.15, 0.2) is 54.7 Å². The van der Waals surface area contributed by atoms with Gasteiger partial charge in [0.25, 0.3) is 5.91 Å². The Bertz CT molecular complexity index is 905. The zero-order valence-electron chi connectivity index (χ0n) is 12.0. The van der Waals surface area contributed by atoms with E-state index in [0.29, 0.717) is 5.39 Å². The number of aromatic hydroxyl groups is 1. The summed E-state index contributed by atoms with van der Waals surface area (Å²) in [6, 6.07) is 13.4. The van der Waals surface area contributed by atoms with Crippen molar-refractivity contribution in [3.05, 3.63) is 65.9 Å². The maximum absolute atomic E-state index is 12.5. The van der Waals surface area contributed by atoms with Gasteiger partial charge in [-0.15, -0.1) is 0 Å². The van der Waals surface area contributed by atoms with Crippen LogP contribution < -0.4 is 11.1 Å². The van der Waals surface area contributed by atoms with Crippen molar-refractivity contribution < 1.29 is 14.7 Å². The molecule has 6 nitrogen and oxygen atoms in total. The van der Waals surface area contributed by atoms with E-state index in [-0.39, 0.29) is 22.7 Å². The molecule has 0 saturated carbocycles. The van der Waals surface area contributed by atoms with Crippen LogP contribution in [0.4, 0.5) is 5.82 Å². The molecule has 2 amide bonds. The van der Waals surface area contributed by atoms with Crippen LogP contribution in [0.5, 0.6) is 5.75 Å². The number of nitrogens with two attached hydrogens (primary N) is 1. The highest BCUT2D eigenvalue weighted by atomic mass is 16.3. The number of anilines is 1. The summed E-state index contributed by atoms with van der Waals surface area (Å²) in [5.74, 6) is -0.942. The van der Waals surface area contributed by atoms with Crippen LogP contribution in [0.1, 0.15) is 20.7 Å². The van der Waals surface area contributed by atoms with Crippen LogP contribution in [0, 0.1) is 0 Å². The van der Waals surface area contributed by atoms with E-state index in [0.717, 1.165) is 5.39 Å². The van der Waals surface area contributed by atoms with E-state index in [1.165, 1.54) is 24.4 Å². The monoisotopic (exact) mass is 307 g/mol. The largest absolute Gasteiger partial charge is 0.507 e. The quantitative estimate of drug-likeness (QED) is 0.690. The molecule has 0 fully saturated rings. The van der Waals surface area contributed by atoms with Gasteiger partial charge in [-0.1, -0.05) is 30.3 Å². The molecule has 0 aliphatic rings. The zero-order valence-corrected chi connectivity index (χ0v) is 12.0. The molecule has 0 atom stereocenters. The highest BCUT2D eigenvalue weighted by molar-refractivity contribution is 6.14. The van der Waals surface area contributed by atoms with Crippen LogP contribution in [-0.4, -0.2) is 21.9 Å². The van der Waals surface area contributed by atoms with Crippen LogP contribution in [0.25, 0.3) is 10.8 Å². The molecule has 0 saturated heterocycles. The molecule has 0 bridgehead atoms. The second kappa shape index (κ2) is 5.76. The number of nitrogens with one attached hydrogen (secondary N) is 1. The fourth-order valence-corrected chi connectivity index (χ4v) is 2.29. The smallest absolute Gasteiger partial charge is 0.261 e. The number of amides is 2. The van der Waals surface area contributed by atoms with Gasteiger partial charge in [0.05, 0.1) is 11.1 Å². The second-order valence-corrected chi connectivity index (χ2v) is 4.93. The standard InChI is InChI=1S/C17H13N3O3/c18-16(22)11-6-8-14(19-9-11)20-17(23)15-12-4-2-1-3-10(12)5-7-13(15)21/h1-9,21H,(H2,18,22)(H,19,20,23). The first kappa shape index (κ1) is 14.5. The number of rotatable bonds is 3. The van der Waals surface area contributed by atoms with Crippen LogP contribution in [0.2, 0.25) is 0 Å². The van der Waals surface area contributed by atoms with Gasteiger partial charge in [-0.05, 0) is 29.0 Å². The van der Waals surface area contributed by atoms with Crippen molar-refractivity contribution in [1.29, 1.82) is 0 Å². The molecule has 3 aromatic rings. The number of hydrogen-bond acceptors (Lipinski definition) is 4. The number of benzene rings is 2. The Hall–Kier alpha value is -3.41. The van der Waals surface area contributed by atoms with Gasteiger partial charge in [-0.25, -0.2) is 4.98 Å².